The molecule has 6 rings (SSSR count). The molecule has 1 saturated carbocycles. The van der Waals surface area contributed by atoms with Gasteiger partial charge in [0, 0.05) is 29.1 Å². The molecule has 1 spiro atoms. The molecule has 2 aliphatic carbocycles. The first-order valence-electron chi connectivity index (χ1n) is 15.3. The zero-order valence-electron chi connectivity index (χ0n) is 24.4. The van der Waals surface area contributed by atoms with Crippen molar-refractivity contribution in [2.24, 2.45) is 17.8 Å². The molecule has 6 atom stereocenters. The molecule has 2 aromatic rings. The number of carbonyl (C=O) groups excluding carboxylic acids is 1. The number of aryl methyl sites for hydroxylation is 1. The van der Waals surface area contributed by atoms with Crippen LogP contribution < -0.4 is 14.4 Å². The largest absolute Gasteiger partial charge is 0.490 e. The van der Waals surface area contributed by atoms with Crippen LogP contribution in [-0.2, 0) is 21.9 Å². The van der Waals surface area contributed by atoms with Gasteiger partial charge in [0.2, 0.25) is 10.0 Å². The third-order valence-corrected chi connectivity index (χ3v) is 12.2. The smallest absolute Gasteiger partial charge is 0.264 e. The van der Waals surface area contributed by atoms with Crippen molar-refractivity contribution in [3.8, 4) is 5.75 Å². The highest BCUT2D eigenvalue weighted by molar-refractivity contribution is 7.90. The summed E-state index contributed by atoms with van der Waals surface area (Å²) in [6, 6.07) is 11.4. The third-order valence-electron chi connectivity index (χ3n) is 10.1. The Morgan fingerprint density at radius 3 is 2.76 bits per heavy atom. The van der Waals surface area contributed by atoms with Gasteiger partial charge in [0.25, 0.3) is 5.91 Å². The summed E-state index contributed by atoms with van der Waals surface area (Å²) in [4.78, 5) is 15.7. The molecule has 42 heavy (non-hydrogen) atoms. The lowest BCUT2D eigenvalue weighted by Crippen LogP contribution is -2.49. The number of hydrogen-bond donors (Lipinski definition) is 2. The Labute approximate surface area is 254 Å². The minimum atomic E-state index is -3.91. The lowest BCUT2D eigenvalue weighted by molar-refractivity contribution is 0.0454. The number of halogens is 1. The summed E-state index contributed by atoms with van der Waals surface area (Å²) < 4.78 is 35.5. The van der Waals surface area contributed by atoms with Gasteiger partial charge in [0.1, 0.15) is 5.75 Å². The number of carbonyl (C=O) groups is 1. The second-order valence-electron chi connectivity index (χ2n) is 12.9. The van der Waals surface area contributed by atoms with Crippen LogP contribution in [0.25, 0.3) is 0 Å². The second-order valence-corrected chi connectivity index (χ2v) is 15.3. The van der Waals surface area contributed by atoms with Crippen molar-refractivity contribution in [1.82, 2.24) is 4.72 Å². The average Bonchev–Trinajstić information content (AvgIpc) is 3.09. The molecule has 2 aromatic carbocycles. The predicted octanol–water partition coefficient (Wildman–Crippen LogP) is 5.63. The maximum Gasteiger partial charge on any atom is 0.264 e. The van der Waals surface area contributed by atoms with Gasteiger partial charge in [-0.05, 0) is 104 Å². The summed E-state index contributed by atoms with van der Waals surface area (Å²) in [5.41, 5.74) is 3.34. The van der Waals surface area contributed by atoms with E-state index in [1.807, 2.05) is 32.1 Å². The van der Waals surface area contributed by atoms with Gasteiger partial charge in [-0.15, -0.1) is 0 Å². The van der Waals surface area contributed by atoms with Gasteiger partial charge >= 0.3 is 0 Å². The van der Waals surface area contributed by atoms with Crippen LogP contribution in [0.4, 0.5) is 5.69 Å². The first kappa shape index (κ1) is 29.5. The van der Waals surface area contributed by atoms with Crippen molar-refractivity contribution in [2.75, 3.05) is 24.6 Å². The molecule has 0 unspecified atom stereocenters. The Hall–Kier alpha value is -2.55. The van der Waals surface area contributed by atoms with Gasteiger partial charge in [0.05, 0.1) is 23.6 Å². The van der Waals surface area contributed by atoms with Crippen molar-refractivity contribution in [2.45, 2.75) is 75.6 Å². The van der Waals surface area contributed by atoms with Crippen LogP contribution in [0, 0.1) is 17.8 Å². The average molecular weight is 613 g/mol. The lowest BCUT2D eigenvalue weighted by Gasteiger charge is -2.45. The number of rotatable bonds is 1. The van der Waals surface area contributed by atoms with E-state index in [1.54, 1.807) is 18.2 Å². The maximum atomic E-state index is 13.4. The van der Waals surface area contributed by atoms with Gasteiger partial charge < -0.3 is 14.7 Å². The van der Waals surface area contributed by atoms with Crippen LogP contribution >= 0.6 is 11.6 Å². The highest BCUT2D eigenvalue weighted by Crippen LogP contribution is 2.46. The van der Waals surface area contributed by atoms with Crippen LogP contribution in [0.5, 0.6) is 5.75 Å². The van der Waals surface area contributed by atoms with E-state index in [0.717, 1.165) is 42.8 Å². The highest BCUT2D eigenvalue weighted by atomic mass is 35.5. The van der Waals surface area contributed by atoms with E-state index in [0.29, 0.717) is 38.3 Å². The molecular formula is C33H41ClN2O5S. The van der Waals surface area contributed by atoms with Crippen molar-refractivity contribution < 1.29 is 23.1 Å². The van der Waals surface area contributed by atoms with Crippen molar-refractivity contribution >= 4 is 33.2 Å². The number of aliphatic hydroxyl groups is 1. The molecule has 2 aliphatic heterocycles. The number of allylic oxidation sites excluding steroid dienone is 1. The zero-order chi connectivity index (χ0) is 29.6. The zero-order valence-corrected chi connectivity index (χ0v) is 26.0. The summed E-state index contributed by atoms with van der Waals surface area (Å²) in [7, 11) is -3.91. The van der Waals surface area contributed by atoms with Gasteiger partial charge in [-0.1, -0.05) is 43.7 Å². The van der Waals surface area contributed by atoms with E-state index in [9.17, 15) is 18.3 Å². The van der Waals surface area contributed by atoms with Gasteiger partial charge in [0.15, 0.2) is 0 Å². The number of anilines is 1. The number of hydrogen-bond acceptors (Lipinski definition) is 6. The molecule has 1 amide bonds. The Balaban J connectivity index is 1.42. The molecular weight excluding hydrogens is 572 g/mol. The van der Waals surface area contributed by atoms with E-state index >= 15 is 0 Å². The monoisotopic (exact) mass is 612 g/mol. The quantitative estimate of drug-likeness (QED) is 0.405. The number of benzene rings is 2. The third kappa shape index (κ3) is 5.58. The standard InChI is InChI=1S/C33H41ClN2O5S/c1-3-26-15-21(2)6-12-30(37)27-10-7-24(27)18-36-19-33(14-4-5-22-16-25(34)9-11-28(22)33)20-41-31-13-8-23(17-29(31)36)32(38)35-42(26,39)40/h6,8-9,11-13,16-17,21,24,26-27,30,37H,3-5,7,10,14-15,18-20H2,1-2H3,(H,35,38)/b12-6+/t21-,24-,26+,27+,30-,33-/m0/s1. The first-order valence-corrected chi connectivity index (χ1v) is 17.2. The Morgan fingerprint density at radius 1 is 1.17 bits per heavy atom. The number of nitrogens with one attached hydrogen (secondary N) is 1. The fourth-order valence-corrected chi connectivity index (χ4v) is 9.27. The SMILES string of the molecule is CC[C@@H]1C[C@@H](C)/C=C/[C@H](O)[C@@H]2CC[C@H]2CN2C[C@@]3(CCCc4cc(Cl)ccc43)COc3ccc(cc32)C(=O)NS1(=O)=O. The summed E-state index contributed by atoms with van der Waals surface area (Å²) >= 11 is 6.39. The molecule has 0 radical (unpaired) electrons. The Bertz CT molecular complexity index is 1490. The predicted molar refractivity (Wildman–Crippen MR) is 166 cm³/mol. The van der Waals surface area contributed by atoms with E-state index in [-0.39, 0.29) is 28.7 Å². The highest BCUT2D eigenvalue weighted by Gasteiger charge is 2.44. The summed E-state index contributed by atoms with van der Waals surface area (Å²) in [5, 5.41) is 11.2. The minimum absolute atomic E-state index is 0.0592. The normalized spacial score (nSPS) is 33.3. The van der Waals surface area contributed by atoms with Crippen LogP contribution in [0.15, 0.2) is 48.6 Å². The molecule has 4 aliphatic rings. The van der Waals surface area contributed by atoms with Gasteiger partial charge in [-0.2, -0.15) is 0 Å². The molecule has 2 bridgehead atoms. The molecule has 226 valence electrons. The maximum absolute atomic E-state index is 13.4. The van der Waals surface area contributed by atoms with E-state index in [1.165, 1.54) is 11.1 Å². The summed E-state index contributed by atoms with van der Waals surface area (Å²) in [5.74, 6) is 0.408. The minimum Gasteiger partial charge on any atom is -0.490 e. The van der Waals surface area contributed by atoms with Crippen molar-refractivity contribution in [3.63, 3.8) is 0 Å². The molecule has 7 nitrogen and oxygen atoms in total. The molecule has 2 N–H and O–H groups in total. The lowest BCUT2D eigenvalue weighted by atomic mass is 9.68. The van der Waals surface area contributed by atoms with Crippen LogP contribution in [0.1, 0.15) is 73.9 Å². The fourth-order valence-electron chi connectivity index (χ4n) is 7.53. The van der Waals surface area contributed by atoms with Gasteiger partial charge in [-0.25, -0.2) is 13.1 Å². The van der Waals surface area contributed by atoms with Gasteiger partial charge in [-0.3, -0.25) is 4.79 Å². The summed E-state index contributed by atoms with van der Waals surface area (Å²) in [6.45, 7) is 5.69. The Morgan fingerprint density at radius 2 is 2.00 bits per heavy atom. The number of aliphatic hydroxyl groups excluding tert-OH is 1. The van der Waals surface area contributed by atoms with Crippen molar-refractivity contribution in [3.05, 3.63) is 70.3 Å². The van der Waals surface area contributed by atoms with Crippen molar-refractivity contribution in [1.29, 1.82) is 0 Å². The molecule has 0 aromatic heterocycles. The van der Waals surface area contributed by atoms with Crippen LogP contribution in [-0.4, -0.2) is 50.5 Å². The number of sulfonamides is 1. The van der Waals surface area contributed by atoms with E-state index < -0.39 is 27.3 Å². The topological polar surface area (TPSA) is 95.9 Å². The number of nitrogens with zero attached hydrogens (tertiary/aromatic N) is 1. The number of fused-ring (bicyclic) bond motifs is 4. The molecule has 1 fully saturated rings. The molecule has 9 heteroatoms. The molecule has 0 saturated heterocycles. The second kappa shape index (κ2) is 11.5. The van der Waals surface area contributed by atoms with E-state index in [4.69, 9.17) is 16.3 Å². The summed E-state index contributed by atoms with van der Waals surface area (Å²) in [6.07, 6.45) is 8.89. The first-order chi connectivity index (χ1) is 20.1. The Kier molecular flexibility index (Phi) is 8.09. The molecule has 2 heterocycles. The number of ether oxygens (including phenoxy) is 1. The van der Waals surface area contributed by atoms with Crippen LogP contribution in [0.2, 0.25) is 5.02 Å². The van der Waals surface area contributed by atoms with E-state index in [2.05, 4.69) is 21.8 Å². The number of amides is 1. The fraction of sp³-hybridized carbons (Fsp3) is 0.545. The van der Waals surface area contributed by atoms with Crippen LogP contribution in [0.3, 0.4) is 0 Å².